The Bertz CT molecular complexity index is 1460. The van der Waals surface area contributed by atoms with Crippen molar-refractivity contribution in [3.8, 4) is 5.75 Å². The van der Waals surface area contributed by atoms with Gasteiger partial charge < -0.3 is 15.0 Å². The minimum absolute atomic E-state index is 0.0174. The molecule has 0 radical (unpaired) electrons. The monoisotopic (exact) mass is 619 g/mol. The first-order valence-electron chi connectivity index (χ1n) is 13.1. The summed E-state index contributed by atoms with van der Waals surface area (Å²) < 4.78 is 34.1. The maximum atomic E-state index is 14.0. The van der Waals surface area contributed by atoms with Gasteiger partial charge in [-0.25, -0.2) is 8.42 Å². The van der Waals surface area contributed by atoms with Gasteiger partial charge in [0.1, 0.15) is 18.3 Å². The molecule has 0 unspecified atom stereocenters. The number of carbonyl (C=O) groups is 2. The highest BCUT2D eigenvalue weighted by Crippen LogP contribution is 2.33. The van der Waals surface area contributed by atoms with Gasteiger partial charge in [0.15, 0.2) is 0 Å². The molecular formula is C30H35Cl2N3O5S. The molecule has 8 nitrogen and oxygen atoms in total. The first kappa shape index (κ1) is 32.2. The fourth-order valence-corrected chi connectivity index (χ4v) is 5.86. The molecule has 3 rings (SSSR count). The predicted octanol–water partition coefficient (Wildman–Crippen LogP) is 5.84. The first-order chi connectivity index (χ1) is 19.4. The van der Waals surface area contributed by atoms with Crippen LogP contribution in [0.3, 0.4) is 0 Å². The lowest BCUT2D eigenvalue weighted by molar-refractivity contribution is -0.139. The lowest BCUT2D eigenvalue weighted by atomic mass is 10.1. The van der Waals surface area contributed by atoms with Gasteiger partial charge in [-0.05, 0) is 75.2 Å². The number of sulfonamides is 1. The average Bonchev–Trinajstić information content (AvgIpc) is 2.95. The molecule has 220 valence electrons. The highest BCUT2D eigenvalue weighted by atomic mass is 35.5. The van der Waals surface area contributed by atoms with Gasteiger partial charge >= 0.3 is 0 Å². The van der Waals surface area contributed by atoms with Crippen LogP contribution in [0.25, 0.3) is 0 Å². The molecule has 11 heteroatoms. The van der Waals surface area contributed by atoms with Crippen molar-refractivity contribution in [3.05, 3.63) is 87.9 Å². The van der Waals surface area contributed by atoms with E-state index in [9.17, 15) is 18.0 Å². The van der Waals surface area contributed by atoms with Crippen molar-refractivity contribution in [2.24, 2.45) is 0 Å². The molecule has 0 fully saturated rings. The van der Waals surface area contributed by atoms with E-state index in [-0.39, 0.29) is 39.1 Å². The average molecular weight is 621 g/mol. The molecule has 3 aromatic rings. The van der Waals surface area contributed by atoms with E-state index in [1.807, 2.05) is 20.8 Å². The van der Waals surface area contributed by atoms with Gasteiger partial charge in [-0.2, -0.15) is 0 Å². The van der Waals surface area contributed by atoms with Gasteiger partial charge in [0.2, 0.25) is 11.8 Å². The minimum Gasteiger partial charge on any atom is -0.497 e. The van der Waals surface area contributed by atoms with Crippen LogP contribution in [0.5, 0.6) is 5.75 Å². The number of aryl methyl sites for hydroxylation is 1. The zero-order valence-corrected chi connectivity index (χ0v) is 26.1. The molecule has 0 heterocycles. The zero-order valence-electron chi connectivity index (χ0n) is 23.7. The third kappa shape index (κ3) is 8.15. The number of hydrogen-bond acceptors (Lipinski definition) is 5. The van der Waals surface area contributed by atoms with Crippen molar-refractivity contribution >= 4 is 50.7 Å². The van der Waals surface area contributed by atoms with Crippen LogP contribution < -0.4 is 14.4 Å². The fourth-order valence-electron chi connectivity index (χ4n) is 4.00. The molecule has 1 N–H and O–H groups in total. The summed E-state index contributed by atoms with van der Waals surface area (Å²) in [5.74, 6) is -0.311. The van der Waals surface area contributed by atoms with Crippen molar-refractivity contribution in [3.63, 3.8) is 0 Å². The van der Waals surface area contributed by atoms with E-state index >= 15 is 0 Å². The van der Waals surface area contributed by atoms with E-state index in [1.54, 1.807) is 50.4 Å². The summed E-state index contributed by atoms with van der Waals surface area (Å²) in [7, 11) is -2.71. The van der Waals surface area contributed by atoms with Crippen LogP contribution in [0.2, 0.25) is 10.0 Å². The lowest BCUT2D eigenvalue weighted by Crippen LogP contribution is -2.52. The molecule has 0 spiro atoms. The van der Waals surface area contributed by atoms with Crippen LogP contribution in [0.15, 0.2) is 71.6 Å². The molecule has 2 atom stereocenters. The molecule has 0 aliphatic heterocycles. The van der Waals surface area contributed by atoms with E-state index in [2.05, 4.69) is 5.32 Å². The van der Waals surface area contributed by atoms with E-state index < -0.39 is 28.5 Å². The summed E-state index contributed by atoms with van der Waals surface area (Å²) in [6, 6.07) is 16.7. The van der Waals surface area contributed by atoms with E-state index in [1.165, 1.54) is 35.2 Å². The topological polar surface area (TPSA) is 96.0 Å². The number of ether oxygens (including phenoxy) is 1. The number of hydrogen-bond donors (Lipinski definition) is 1. The second-order valence-corrected chi connectivity index (χ2v) is 12.5. The van der Waals surface area contributed by atoms with Gasteiger partial charge in [0.25, 0.3) is 10.0 Å². The number of carbonyl (C=O) groups excluding carboxylic acids is 2. The Morgan fingerprint density at radius 1 is 0.976 bits per heavy atom. The van der Waals surface area contributed by atoms with Gasteiger partial charge in [0, 0.05) is 17.6 Å². The number of rotatable bonds is 12. The summed E-state index contributed by atoms with van der Waals surface area (Å²) in [6.07, 6.45) is 0.709. The molecule has 41 heavy (non-hydrogen) atoms. The Kier molecular flexibility index (Phi) is 11.1. The summed E-state index contributed by atoms with van der Waals surface area (Å²) in [4.78, 5) is 28.5. The Morgan fingerprint density at radius 2 is 1.61 bits per heavy atom. The van der Waals surface area contributed by atoms with Crippen LogP contribution in [-0.4, -0.2) is 50.9 Å². The van der Waals surface area contributed by atoms with Crippen LogP contribution in [0.1, 0.15) is 38.3 Å². The highest BCUT2D eigenvalue weighted by molar-refractivity contribution is 7.92. The number of nitrogens with zero attached hydrogens (tertiary/aromatic N) is 2. The summed E-state index contributed by atoms with van der Waals surface area (Å²) in [5, 5.41) is 3.26. The van der Waals surface area contributed by atoms with Crippen molar-refractivity contribution in [2.45, 2.75) is 57.6 Å². The van der Waals surface area contributed by atoms with E-state index in [4.69, 9.17) is 27.9 Å². The van der Waals surface area contributed by atoms with E-state index in [0.29, 0.717) is 12.2 Å². The standard InChI is InChI=1S/C30H35Cl2N3O5S/c1-6-21(3)33-30(37)22(4)34(18-23-9-12-25(40-5)13-10-23)29(36)19-35(28-17-24(31)11-16-27(28)32)41(38,39)26-14-7-20(2)8-15-26/h7-17,21-22H,6,18-19H2,1-5H3,(H,33,37)/t21-,22-/m0/s1. The molecule has 0 aliphatic carbocycles. The van der Waals surface area contributed by atoms with Crippen molar-refractivity contribution in [1.29, 1.82) is 0 Å². The minimum atomic E-state index is -4.26. The predicted molar refractivity (Wildman–Crippen MR) is 163 cm³/mol. The molecule has 0 bridgehead atoms. The molecule has 3 aromatic carbocycles. The second-order valence-electron chi connectivity index (χ2n) is 9.78. The third-order valence-corrected chi connectivity index (χ3v) is 9.07. The van der Waals surface area contributed by atoms with Crippen LogP contribution >= 0.6 is 23.2 Å². The van der Waals surface area contributed by atoms with Crippen molar-refractivity contribution < 1.29 is 22.7 Å². The molecule has 2 amide bonds. The Morgan fingerprint density at radius 3 is 2.20 bits per heavy atom. The zero-order chi connectivity index (χ0) is 30.3. The Balaban J connectivity index is 2.06. The van der Waals surface area contributed by atoms with Gasteiger partial charge in [-0.3, -0.25) is 13.9 Å². The van der Waals surface area contributed by atoms with Crippen LogP contribution in [-0.2, 0) is 26.2 Å². The summed E-state index contributed by atoms with van der Waals surface area (Å²) >= 11 is 12.7. The SMILES string of the molecule is CC[C@H](C)NC(=O)[C@H](C)N(Cc1ccc(OC)cc1)C(=O)CN(c1cc(Cl)ccc1Cl)S(=O)(=O)c1ccc(C)cc1. The number of anilines is 1. The Hall–Kier alpha value is -3.27. The lowest BCUT2D eigenvalue weighted by Gasteiger charge is -2.32. The maximum Gasteiger partial charge on any atom is 0.264 e. The number of nitrogens with one attached hydrogen (secondary N) is 1. The maximum absolute atomic E-state index is 14.0. The number of halogens is 2. The highest BCUT2D eigenvalue weighted by Gasteiger charge is 2.33. The second kappa shape index (κ2) is 14.1. The largest absolute Gasteiger partial charge is 0.497 e. The molecular weight excluding hydrogens is 585 g/mol. The molecule has 0 saturated carbocycles. The quantitative estimate of drug-likeness (QED) is 0.275. The number of methoxy groups -OCH3 is 1. The first-order valence-corrected chi connectivity index (χ1v) is 15.3. The van der Waals surface area contributed by atoms with Gasteiger partial charge in [-0.1, -0.05) is 60.0 Å². The summed E-state index contributed by atoms with van der Waals surface area (Å²) in [6.45, 7) is 6.71. The summed E-state index contributed by atoms with van der Waals surface area (Å²) in [5.41, 5.74) is 1.66. The van der Waals surface area contributed by atoms with Crippen LogP contribution in [0, 0.1) is 6.92 Å². The fraction of sp³-hybridized carbons (Fsp3) is 0.333. The van der Waals surface area contributed by atoms with Gasteiger partial charge in [-0.15, -0.1) is 0 Å². The van der Waals surface area contributed by atoms with Crippen molar-refractivity contribution in [2.75, 3.05) is 18.0 Å². The van der Waals surface area contributed by atoms with Gasteiger partial charge in [0.05, 0.1) is 22.7 Å². The van der Waals surface area contributed by atoms with Crippen LogP contribution in [0.4, 0.5) is 5.69 Å². The number of amides is 2. The van der Waals surface area contributed by atoms with Crippen molar-refractivity contribution in [1.82, 2.24) is 10.2 Å². The molecule has 0 aromatic heterocycles. The molecule has 0 aliphatic rings. The number of benzene rings is 3. The van der Waals surface area contributed by atoms with E-state index in [0.717, 1.165) is 15.4 Å². The smallest absolute Gasteiger partial charge is 0.264 e. The normalized spacial score (nSPS) is 12.8. The third-order valence-electron chi connectivity index (χ3n) is 6.75. The molecule has 0 saturated heterocycles. The Labute approximate surface area is 252 Å².